The molecule has 110 valence electrons. The Balaban J connectivity index is 3.26. The van der Waals surface area contributed by atoms with Crippen LogP contribution in [0.25, 0.3) is 0 Å². The Hall–Kier alpha value is -0.120. The minimum absolute atomic E-state index is 0.0849. The Morgan fingerprint density at radius 2 is 1.11 bits per heavy atom. The lowest BCUT2D eigenvalue weighted by Crippen LogP contribution is -2.25. The molecule has 3 N–H and O–H groups in total. The molecule has 0 saturated carbocycles. The maximum Gasteiger partial charge on any atom is 0.0800 e. The van der Waals surface area contributed by atoms with Crippen LogP contribution in [-0.4, -0.2) is 34.1 Å². The van der Waals surface area contributed by atoms with Gasteiger partial charge in [0.2, 0.25) is 0 Å². The molecule has 0 aliphatic carbocycles. The van der Waals surface area contributed by atoms with Crippen LogP contribution in [0.1, 0.15) is 77.6 Å². The number of hydrogen-bond acceptors (Lipinski definition) is 3. The smallest absolute Gasteiger partial charge is 0.0800 e. The molecule has 0 aromatic heterocycles. The van der Waals surface area contributed by atoms with Gasteiger partial charge in [-0.25, -0.2) is 0 Å². The number of rotatable bonds is 13. The molecule has 0 heterocycles. The fraction of sp³-hybridized carbons (Fsp3) is 1.00. The van der Waals surface area contributed by atoms with Gasteiger partial charge in [-0.1, -0.05) is 58.3 Å². The van der Waals surface area contributed by atoms with Crippen LogP contribution in [0.5, 0.6) is 0 Å². The normalized spacial score (nSPS) is 14.7. The third-order valence-electron chi connectivity index (χ3n) is 3.46. The molecule has 2 atom stereocenters. The third kappa shape index (κ3) is 11.0. The number of hydrogen-bond donors (Lipinski definition) is 3. The number of unbranched alkanes of at least 4 members (excludes halogenated alkanes) is 7. The summed E-state index contributed by atoms with van der Waals surface area (Å²) in [6.45, 7) is 2.31. The van der Waals surface area contributed by atoms with E-state index in [-0.39, 0.29) is 6.61 Å². The summed E-state index contributed by atoms with van der Waals surface area (Å²) in [7, 11) is 0. The van der Waals surface area contributed by atoms with E-state index in [0.717, 1.165) is 12.8 Å². The van der Waals surface area contributed by atoms with Crippen LogP contribution in [0.3, 0.4) is 0 Å². The van der Waals surface area contributed by atoms with E-state index in [9.17, 15) is 10.2 Å². The molecule has 0 radical (unpaired) electrons. The zero-order valence-electron chi connectivity index (χ0n) is 12.0. The number of aliphatic hydroxyl groups excluding tert-OH is 3. The first-order chi connectivity index (χ1) is 8.72. The van der Waals surface area contributed by atoms with Crippen molar-refractivity contribution in [3.63, 3.8) is 0 Å². The van der Waals surface area contributed by atoms with Crippen molar-refractivity contribution in [1.29, 1.82) is 0 Å². The molecule has 0 aliphatic heterocycles. The van der Waals surface area contributed by atoms with E-state index in [0.29, 0.717) is 19.3 Å². The van der Waals surface area contributed by atoms with Crippen molar-refractivity contribution in [2.45, 2.75) is 89.8 Å². The molecule has 0 rings (SSSR count). The Labute approximate surface area is 112 Å². The molecule has 0 fully saturated rings. The molecule has 0 amide bonds. The van der Waals surface area contributed by atoms with Crippen LogP contribution in [0.2, 0.25) is 0 Å². The summed E-state index contributed by atoms with van der Waals surface area (Å²) in [6.07, 6.45) is 10.4. The first-order valence-corrected chi connectivity index (χ1v) is 7.69. The molecule has 0 aliphatic rings. The summed E-state index contributed by atoms with van der Waals surface area (Å²) >= 11 is 0. The van der Waals surface area contributed by atoms with Gasteiger partial charge < -0.3 is 15.3 Å². The van der Waals surface area contributed by atoms with Crippen molar-refractivity contribution in [3.8, 4) is 0 Å². The second-order valence-electron chi connectivity index (χ2n) is 5.26. The topological polar surface area (TPSA) is 60.7 Å². The SMILES string of the molecule is CCCCCCCCCC[C@H](O)[C@@H](O)CCCO. The predicted molar refractivity (Wildman–Crippen MR) is 75.6 cm³/mol. The first-order valence-electron chi connectivity index (χ1n) is 7.69. The van der Waals surface area contributed by atoms with E-state index >= 15 is 0 Å². The van der Waals surface area contributed by atoms with Gasteiger partial charge in [0.1, 0.15) is 0 Å². The molecule has 3 heteroatoms. The highest BCUT2D eigenvalue weighted by Crippen LogP contribution is 2.13. The van der Waals surface area contributed by atoms with Gasteiger partial charge in [-0.2, -0.15) is 0 Å². The van der Waals surface area contributed by atoms with Gasteiger partial charge in [-0.15, -0.1) is 0 Å². The summed E-state index contributed by atoms with van der Waals surface area (Å²) in [6, 6.07) is 0. The minimum atomic E-state index is -0.665. The summed E-state index contributed by atoms with van der Waals surface area (Å²) in [4.78, 5) is 0. The van der Waals surface area contributed by atoms with Crippen LogP contribution >= 0.6 is 0 Å². The van der Waals surface area contributed by atoms with E-state index in [1.165, 1.54) is 38.5 Å². The fourth-order valence-corrected chi connectivity index (χ4v) is 2.17. The summed E-state index contributed by atoms with van der Waals surface area (Å²) < 4.78 is 0. The molecule has 3 nitrogen and oxygen atoms in total. The van der Waals surface area contributed by atoms with Crippen LogP contribution in [0, 0.1) is 0 Å². The third-order valence-corrected chi connectivity index (χ3v) is 3.46. The number of aliphatic hydroxyl groups is 3. The summed E-state index contributed by atoms with van der Waals surface area (Å²) in [5, 5.41) is 27.9. The molecular weight excluding hydrogens is 228 g/mol. The molecule has 0 bridgehead atoms. The monoisotopic (exact) mass is 260 g/mol. The van der Waals surface area contributed by atoms with Gasteiger partial charge in [0.25, 0.3) is 0 Å². The maximum absolute atomic E-state index is 9.69. The van der Waals surface area contributed by atoms with Gasteiger partial charge >= 0.3 is 0 Å². The maximum atomic E-state index is 9.69. The molecule has 0 saturated heterocycles. The van der Waals surface area contributed by atoms with E-state index in [1.807, 2.05) is 0 Å². The van der Waals surface area contributed by atoms with Gasteiger partial charge in [0.05, 0.1) is 12.2 Å². The van der Waals surface area contributed by atoms with E-state index in [2.05, 4.69) is 6.92 Å². The molecule has 0 aromatic rings. The summed E-state index contributed by atoms with van der Waals surface area (Å²) in [5.41, 5.74) is 0. The standard InChI is InChI=1S/C15H32O3/c1-2-3-4-5-6-7-8-9-11-14(17)15(18)12-10-13-16/h14-18H,2-13H2,1H3/t14-,15-/m0/s1. The first kappa shape index (κ1) is 17.9. The zero-order chi connectivity index (χ0) is 13.6. The largest absolute Gasteiger partial charge is 0.396 e. The van der Waals surface area contributed by atoms with E-state index in [4.69, 9.17) is 5.11 Å². The average Bonchev–Trinajstić information content (AvgIpc) is 2.38. The van der Waals surface area contributed by atoms with Crippen LogP contribution < -0.4 is 0 Å². The Bertz CT molecular complexity index is 162. The van der Waals surface area contributed by atoms with Crippen LogP contribution in [0.4, 0.5) is 0 Å². The van der Waals surface area contributed by atoms with Gasteiger partial charge in [0, 0.05) is 6.61 Å². The van der Waals surface area contributed by atoms with Crippen LogP contribution in [0.15, 0.2) is 0 Å². The van der Waals surface area contributed by atoms with Gasteiger partial charge in [-0.3, -0.25) is 0 Å². The fourth-order valence-electron chi connectivity index (χ4n) is 2.17. The highest BCUT2D eigenvalue weighted by molar-refractivity contribution is 4.67. The average molecular weight is 260 g/mol. The molecule has 0 unspecified atom stereocenters. The highest BCUT2D eigenvalue weighted by atomic mass is 16.3. The minimum Gasteiger partial charge on any atom is -0.396 e. The summed E-state index contributed by atoms with van der Waals surface area (Å²) in [5.74, 6) is 0. The van der Waals surface area contributed by atoms with Crippen molar-refractivity contribution in [1.82, 2.24) is 0 Å². The zero-order valence-corrected chi connectivity index (χ0v) is 12.0. The lowest BCUT2D eigenvalue weighted by Gasteiger charge is -2.17. The van der Waals surface area contributed by atoms with Gasteiger partial charge in [0.15, 0.2) is 0 Å². The quantitative estimate of drug-likeness (QED) is 0.446. The van der Waals surface area contributed by atoms with Crippen molar-refractivity contribution in [2.75, 3.05) is 6.61 Å². The Morgan fingerprint density at radius 1 is 0.667 bits per heavy atom. The Morgan fingerprint density at radius 3 is 1.61 bits per heavy atom. The molecular formula is C15H32O3. The highest BCUT2D eigenvalue weighted by Gasteiger charge is 2.14. The van der Waals surface area contributed by atoms with Crippen LogP contribution in [-0.2, 0) is 0 Å². The second kappa shape index (κ2) is 13.3. The van der Waals surface area contributed by atoms with E-state index in [1.54, 1.807) is 0 Å². The van der Waals surface area contributed by atoms with Crippen molar-refractivity contribution in [3.05, 3.63) is 0 Å². The Kier molecular flexibility index (Phi) is 13.2. The van der Waals surface area contributed by atoms with Gasteiger partial charge in [-0.05, 0) is 19.3 Å². The van der Waals surface area contributed by atoms with E-state index < -0.39 is 12.2 Å². The van der Waals surface area contributed by atoms with Crippen molar-refractivity contribution in [2.24, 2.45) is 0 Å². The molecule has 0 spiro atoms. The lowest BCUT2D eigenvalue weighted by atomic mass is 10.0. The second-order valence-corrected chi connectivity index (χ2v) is 5.26. The predicted octanol–water partition coefficient (Wildman–Crippen LogP) is 3.01. The van der Waals surface area contributed by atoms with Crippen molar-refractivity contribution < 1.29 is 15.3 Å². The van der Waals surface area contributed by atoms with Crippen molar-refractivity contribution >= 4 is 0 Å². The molecule has 0 aromatic carbocycles. The molecule has 18 heavy (non-hydrogen) atoms. The lowest BCUT2D eigenvalue weighted by molar-refractivity contribution is 0.00522.